The van der Waals surface area contributed by atoms with Crippen LogP contribution < -0.4 is 0 Å². The van der Waals surface area contributed by atoms with Gasteiger partial charge in [-0.15, -0.1) is 0 Å². The van der Waals surface area contributed by atoms with E-state index in [2.05, 4.69) is 17.6 Å². The highest BCUT2D eigenvalue weighted by Crippen LogP contribution is 2.24. The SMILES string of the molecule is OC(CS)C(O)c1cc(F)cnc1Cl. The number of hydrogen-bond acceptors (Lipinski definition) is 4. The van der Waals surface area contributed by atoms with Crippen LogP contribution in [0, 0.1) is 5.82 Å². The normalized spacial score (nSPS) is 15.2. The van der Waals surface area contributed by atoms with Crippen molar-refractivity contribution in [2.75, 3.05) is 5.75 Å². The van der Waals surface area contributed by atoms with E-state index >= 15 is 0 Å². The van der Waals surface area contributed by atoms with Crippen molar-refractivity contribution in [3.05, 3.63) is 28.8 Å². The van der Waals surface area contributed by atoms with Crippen LogP contribution in [0.5, 0.6) is 0 Å². The third-order valence-corrected chi connectivity index (χ3v) is 2.39. The molecule has 2 atom stereocenters. The van der Waals surface area contributed by atoms with Gasteiger partial charge >= 0.3 is 0 Å². The Labute approximate surface area is 91.0 Å². The zero-order valence-electron chi connectivity index (χ0n) is 7.06. The molecule has 2 unspecified atom stereocenters. The van der Waals surface area contributed by atoms with E-state index in [1.807, 2.05) is 0 Å². The number of nitrogens with zero attached hydrogens (tertiary/aromatic N) is 1. The molecule has 3 nitrogen and oxygen atoms in total. The van der Waals surface area contributed by atoms with Crippen LogP contribution in [0.2, 0.25) is 5.15 Å². The molecule has 0 saturated carbocycles. The molecule has 0 spiro atoms. The molecule has 0 aliphatic rings. The molecule has 1 aromatic rings. The van der Waals surface area contributed by atoms with E-state index in [0.717, 1.165) is 12.3 Å². The van der Waals surface area contributed by atoms with Gasteiger partial charge in [-0.25, -0.2) is 9.37 Å². The lowest BCUT2D eigenvalue weighted by Crippen LogP contribution is -2.20. The number of hydrogen-bond donors (Lipinski definition) is 3. The van der Waals surface area contributed by atoms with Crippen LogP contribution in [-0.4, -0.2) is 27.1 Å². The summed E-state index contributed by atoms with van der Waals surface area (Å²) in [6.45, 7) is 0. The van der Waals surface area contributed by atoms with Crippen molar-refractivity contribution < 1.29 is 14.6 Å². The fraction of sp³-hybridized carbons (Fsp3) is 0.375. The molecule has 0 saturated heterocycles. The largest absolute Gasteiger partial charge is 0.389 e. The predicted octanol–water partition coefficient (Wildman–Crippen LogP) is 1.20. The van der Waals surface area contributed by atoms with Crippen molar-refractivity contribution >= 4 is 24.2 Å². The number of aliphatic hydroxyl groups excluding tert-OH is 2. The average molecular weight is 238 g/mol. The van der Waals surface area contributed by atoms with E-state index < -0.39 is 18.0 Å². The van der Waals surface area contributed by atoms with Gasteiger partial charge < -0.3 is 10.2 Å². The smallest absolute Gasteiger partial charge is 0.141 e. The minimum absolute atomic E-state index is 0.0280. The van der Waals surface area contributed by atoms with E-state index in [0.29, 0.717) is 0 Å². The van der Waals surface area contributed by atoms with Gasteiger partial charge in [0.1, 0.15) is 17.1 Å². The molecule has 1 rings (SSSR count). The summed E-state index contributed by atoms with van der Waals surface area (Å²) >= 11 is 9.42. The van der Waals surface area contributed by atoms with Gasteiger partial charge in [-0.05, 0) is 6.07 Å². The number of aromatic nitrogens is 1. The van der Waals surface area contributed by atoms with E-state index in [-0.39, 0.29) is 16.5 Å². The lowest BCUT2D eigenvalue weighted by molar-refractivity contribution is 0.0334. The number of thiol groups is 1. The molecule has 0 amide bonds. The maximum atomic E-state index is 12.7. The van der Waals surface area contributed by atoms with E-state index in [9.17, 15) is 14.6 Å². The molecule has 0 radical (unpaired) electrons. The van der Waals surface area contributed by atoms with Gasteiger partial charge in [0, 0.05) is 11.3 Å². The second-order valence-electron chi connectivity index (χ2n) is 2.73. The summed E-state index contributed by atoms with van der Waals surface area (Å²) in [7, 11) is 0. The first-order valence-corrected chi connectivity index (χ1v) is 4.85. The Morgan fingerprint density at radius 2 is 2.21 bits per heavy atom. The zero-order chi connectivity index (χ0) is 10.7. The van der Waals surface area contributed by atoms with E-state index in [1.54, 1.807) is 0 Å². The second-order valence-corrected chi connectivity index (χ2v) is 3.45. The van der Waals surface area contributed by atoms with Crippen molar-refractivity contribution in [3.63, 3.8) is 0 Å². The average Bonchev–Trinajstić information content (AvgIpc) is 2.19. The first kappa shape index (κ1) is 11.7. The van der Waals surface area contributed by atoms with Crippen LogP contribution in [0.3, 0.4) is 0 Å². The van der Waals surface area contributed by atoms with Gasteiger partial charge in [0.15, 0.2) is 0 Å². The minimum Gasteiger partial charge on any atom is -0.389 e. The van der Waals surface area contributed by atoms with Crippen LogP contribution in [-0.2, 0) is 0 Å². The number of pyridine rings is 1. The highest BCUT2D eigenvalue weighted by atomic mass is 35.5. The Bertz CT molecular complexity index is 326. The van der Waals surface area contributed by atoms with Gasteiger partial charge in [-0.1, -0.05) is 11.6 Å². The van der Waals surface area contributed by atoms with Gasteiger partial charge in [-0.3, -0.25) is 0 Å². The third-order valence-electron chi connectivity index (χ3n) is 1.70. The van der Waals surface area contributed by atoms with Crippen molar-refractivity contribution in [2.24, 2.45) is 0 Å². The highest BCUT2D eigenvalue weighted by Gasteiger charge is 2.20. The molecular formula is C8H9ClFNO2S. The summed E-state index contributed by atoms with van der Waals surface area (Å²) in [5, 5.41) is 18.7. The molecule has 0 fully saturated rings. The molecular weight excluding hydrogens is 229 g/mol. The Kier molecular flexibility index (Phi) is 4.12. The summed E-state index contributed by atoms with van der Waals surface area (Å²) in [6.07, 6.45) is -1.44. The summed E-state index contributed by atoms with van der Waals surface area (Å²) in [5.41, 5.74) is 0.0632. The minimum atomic E-state index is -1.27. The van der Waals surface area contributed by atoms with Crippen molar-refractivity contribution in [1.29, 1.82) is 0 Å². The fourth-order valence-corrected chi connectivity index (χ4v) is 1.37. The lowest BCUT2D eigenvalue weighted by Gasteiger charge is -2.16. The maximum absolute atomic E-state index is 12.7. The molecule has 14 heavy (non-hydrogen) atoms. The van der Waals surface area contributed by atoms with Crippen LogP contribution >= 0.6 is 24.2 Å². The Balaban J connectivity index is 2.99. The molecule has 0 aliphatic carbocycles. The third kappa shape index (κ3) is 2.57. The zero-order valence-corrected chi connectivity index (χ0v) is 8.71. The molecule has 1 aromatic heterocycles. The van der Waals surface area contributed by atoms with E-state index in [4.69, 9.17) is 11.6 Å². The number of aliphatic hydroxyl groups is 2. The van der Waals surface area contributed by atoms with Gasteiger partial charge in [0.2, 0.25) is 0 Å². The summed E-state index contributed by atoms with van der Waals surface area (Å²) in [6, 6.07) is 1.03. The van der Waals surface area contributed by atoms with Gasteiger partial charge in [0.05, 0.1) is 12.3 Å². The number of rotatable bonds is 3. The molecule has 2 N–H and O–H groups in total. The monoisotopic (exact) mass is 237 g/mol. The Morgan fingerprint density at radius 3 is 2.79 bits per heavy atom. The van der Waals surface area contributed by atoms with Crippen LogP contribution in [0.25, 0.3) is 0 Å². The topological polar surface area (TPSA) is 53.4 Å². The van der Waals surface area contributed by atoms with Gasteiger partial charge in [0.25, 0.3) is 0 Å². The summed E-state index contributed by atoms with van der Waals surface area (Å²) in [4.78, 5) is 3.51. The first-order chi connectivity index (χ1) is 6.56. The molecule has 1 heterocycles. The second kappa shape index (κ2) is 4.93. The van der Waals surface area contributed by atoms with Crippen LogP contribution in [0.15, 0.2) is 12.3 Å². The van der Waals surface area contributed by atoms with Crippen LogP contribution in [0.4, 0.5) is 4.39 Å². The molecule has 0 aromatic carbocycles. The van der Waals surface area contributed by atoms with Crippen LogP contribution in [0.1, 0.15) is 11.7 Å². The standard InChI is InChI=1S/C8H9ClFNO2S/c9-8-5(1-4(10)2-11-8)7(13)6(12)3-14/h1-2,6-7,12-14H,3H2. The summed E-state index contributed by atoms with van der Waals surface area (Å²) < 4.78 is 12.7. The molecule has 0 aliphatic heterocycles. The number of halogens is 2. The Morgan fingerprint density at radius 1 is 1.57 bits per heavy atom. The molecule has 0 bridgehead atoms. The van der Waals surface area contributed by atoms with E-state index in [1.165, 1.54) is 0 Å². The lowest BCUT2D eigenvalue weighted by atomic mass is 10.1. The molecule has 6 heteroatoms. The van der Waals surface area contributed by atoms with Crippen molar-refractivity contribution in [2.45, 2.75) is 12.2 Å². The fourth-order valence-electron chi connectivity index (χ4n) is 0.953. The van der Waals surface area contributed by atoms with Crippen molar-refractivity contribution in [1.82, 2.24) is 4.98 Å². The maximum Gasteiger partial charge on any atom is 0.141 e. The highest BCUT2D eigenvalue weighted by molar-refractivity contribution is 7.80. The quantitative estimate of drug-likeness (QED) is 0.547. The Hall–Kier alpha value is -0.360. The summed E-state index contributed by atoms with van der Waals surface area (Å²) in [5.74, 6) is -0.566. The molecule has 78 valence electrons. The van der Waals surface area contributed by atoms with Crippen molar-refractivity contribution in [3.8, 4) is 0 Å². The predicted molar refractivity (Wildman–Crippen MR) is 54.0 cm³/mol. The van der Waals surface area contributed by atoms with Gasteiger partial charge in [-0.2, -0.15) is 12.6 Å². The first-order valence-electron chi connectivity index (χ1n) is 3.84.